The van der Waals surface area contributed by atoms with E-state index in [4.69, 9.17) is 4.74 Å². The zero-order chi connectivity index (χ0) is 18.7. The Morgan fingerprint density at radius 2 is 1.96 bits per heavy atom. The molecular formula is C17H26N2O5S. The molecule has 1 saturated heterocycles. The van der Waals surface area contributed by atoms with Crippen LogP contribution in [0.5, 0.6) is 0 Å². The lowest BCUT2D eigenvalue weighted by Crippen LogP contribution is -2.47. The molecule has 0 saturated carbocycles. The fraction of sp³-hybridized carbons (Fsp3) is 0.588. The number of hydrogen-bond donors (Lipinski definition) is 2. The second kappa shape index (κ2) is 7.72. The Kier molecular flexibility index (Phi) is 6.08. The summed E-state index contributed by atoms with van der Waals surface area (Å²) in [7, 11) is -3.60. The fourth-order valence-corrected chi connectivity index (χ4v) is 4.21. The maximum absolute atomic E-state index is 12.7. The van der Waals surface area contributed by atoms with E-state index < -0.39 is 21.7 Å². The Balaban J connectivity index is 1.96. The number of carbonyl (C=O) groups excluding carboxylic acids is 1. The van der Waals surface area contributed by atoms with E-state index in [0.717, 1.165) is 0 Å². The van der Waals surface area contributed by atoms with Gasteiger partial charge in [-0.05, 0) is 51.3 Å². The molecule has 0 unspecified atom stereocenters. The zero-order valence-corrected chi connectivity index (χ0v) is 15.7. The molecule has 1 aromatic rings. The van der Waals surface area contributed by atoms with Crippen molar-refractivity contribution in [2.45, 2.75) is 56.8 Å². The highest BCUT2D eigenvalue weighted by Gasteiger charge is 2.30. The summed E-state index contributed by atoms with van der Waals surface area (Å²) in [4.78, 5) is 12.0. The van der Waals surface area contributed by atoms with Gasteiger partial charge in [0.1, 0.15) is 5.60 Å². The summed E-state index contributed by atoms with van der Waals surface area (Å²) in [5.41, 5.74) is -0.00572. The van der Waals surface area contributed by atoms with E-state index in [1.165, 1.54) is 16.4 Å². The standard InChI is InChI=1S/C17H26N2O5S/c1-17(2,3)24-16(21)18-14-7-9-19(10-8-14)25(22,23)15-6-4-5-13(11-15)12-20/h4-6,11,14,20H,7-10,12H2,1-3H3,(H,18,21). The van der Waals surface area contributed by atoms with Crippen molar-refractivity contribution in [3.63, 3.8) is 0 Å². The Morgan fingerprint density at radius 3 is 2.52 bits per heavy atom. The maximum atomic E-state index is 12.7. The molecule has 0 atom stereocenters. The number of piperidine rings is 1. The van der Waals surface area contributed by atoms with Crippen LogP contribution in [0.3, 0.4) is 0 Å². The monoisotopic (exact) mass is 370 g/mol. The van der Waals surface area contributed by atoms with E-state index >= 15 is 0 Å². The second-order valence-corrected chi connectivity index (χ2v) is 9.07. The van der Waals surface area contributed by atoms with Crippen molar-refractivity contribution in [3.05, 3.63) is 29.8 Å². The van der Waals surface area contributed by atoms with Crippen LogP contribution in [0.25, 0.3) is 0 Å². The Hall–Kier alpha value is -1.64. The van der Waals surface area contributed by atoms with Crippen LogP contribution >= 0.6 is 0 Å². The average molecular weight is 370 g/mol. The number of benzene rings is 1. The third-order valence-electron chi connectivity index (χ3n) is 3.89. The van der Waals surface area contributed by atoms with Crippen molar-refractivity contribution in [3.8, 4) is 0 Å². The Morgan fingerprint density at radius 1 is 1.32 bits per heavy atom. The van der Waals surface area contributed by atoms with Gasteiger partial charge >= 0.3 is 6.09 Å². The van der Waals surface area contributed by atoms with Crippen LogP contribution < -0.4 is 5.32 Å². The first-order chi connectivity index (χ1) is 11.6. The number of rotatable bonds is 4. The number of aliphatic hydroxyl groups is 1. The van der Waals surface area contributed by atoms with Gasteiger partial charge in [0.2, 0.25) is 10.0 Å². The van der Waals surface area contributed by atoms with E-state index in [-0.39, 0.29) is 17.5 Å². The van der Waals surface area contributed by atoms with E-state index in [1.54, 1.807) is 32.9 Å². The van der Waals surface area contributed by atoms with Gasteiger partial charge in [0.15, 0.2) is 0 Å². The third kappa shape index (κ3) is 5.42. The van der Waals surface area contributed by atoms with Crippen LogP contribution in [0.15, 0.2) is 29.2 Å². The fourth-order valence-electron chi connectivity index (χ4n) is 2.67. The van der Waals surface area contributed by atoms with Gasteiger partial charge < -0.3 is 15.2 Å². The van der Waals surface area contributed by atoms with Crippen LogP contribution in [0.2, 0.25) is 0 Å². The van der Waals surface area contributed by atoms with Gasteiger partial charge in [-0.25, -0.2) is 13.2 Å². The summed E-state index contributed by atoms with van der Waals surface area (Å²) in [6, 6.07) is 6.20. The van der Waals surface area contributed by atoms with E-state index in [1.807, 2.05) is 0 Å². The molecule has 2 N–H and O–H groups in total. The number of alkyl carbamates (subject to hydrolysis) is 1. The number of carbonyl (C=O) groups is 1. The molecule has 1 aromatic carbocycles. The van der Waals surface area contributed by atoms with Crippen LogP contribution in [0, 0.1) is 0 Å². The van der Waals surface area contributed by atoms with E-state index in [2.05, 4.69) is 5.32 Å². The summed E-state index contributed by atoms with van der Waals surface area (Å²) in [6.45, 7) is 5.83. The van der Waals surface area contributed by atoms with Crippen molar-refractivity contribution in [2.24, 2.45) is 0 Å². The van der Waals surface area contributed by atoms with Crippen LogP contribution in [0.1, 0.15) is 39.2 Å². The van der Waals surface area contributed by atoms with Crippen LogP contribution in [-0.2, 0) is 21.4 Å². The molecule has 25 heavy (non-hydrogen) atoms. The van der Waals surface area contributed by atoms with Crippen molar-refractivity contribution >= 4 is 16.1 Å². The van der Waals surface area contributed by atoms with Gasteiger partial charge in [0.25, 0.3) is 0 Å². The maximum Gasteiger partial charge on any atom is 0.407 e. The number of nitrogens with one attached hydrogen (secondary N) is 1. The molecule has 0 spiro atoms. The minimum absolute atomic E-state index is 0.106. The quantitative estimate of drug-likeness (QED) is 0.843. The van der Waals surface area contributed by atoms with Crippen LogP contribution in [-0.4, -0.2) is 48.7 Å². The molecule has 140 valence electrons. The van der Waals surface area contributed by atoms with Crippen LogP contribution in [0.4, 0.5) is 4.79 Å². The topological polar surface area (TPSA) is 95.9 Å². The van der Waals surface area contributed by atoms with Crippen molar-refractivity contribution < 1.29 is 23.1 Å². The molecule has 1 fully saturated rings. The summed E-state index contributed by atoms with van der Waals surface area (Å²) in [5.74, 6) is 0. The lowest BCUT2D eigenvalue weighted by molar-refractivity contribution is 0.0489. The molecule has 0 aliphatic carbocycles. The summed E-state index contributed by atoms with van der Waals surface area (Å²) >= 11 is 0. The van der Waals surface area contributed by atoms with Gasteiger partial charge in [0.05, 0.1) is 11.5 Å². The largest absolute Gasteiger partial charge is 0.444 e. The van der Waals surface area contributed by atoms with Gasteiger partial charge in [0, 0.05) is 19.1 Å². The summed E-state index contributed by atoms with van der Waals surface area (Å²) < 4.78 is 32.0. The van der Waals surface area contributed by atoms with E-state index in [9.17, 15) is 18.3 Å². The predicted octanol–water partition coefficient (Wildman–Crippen LogP) is 1.86. The predicted molar refractivity (Wildman–Crippen MR) is 93.5 cm³/mol. The Labute approximate surface area is 149 Å². The number of sulfonamides is 1. The number of aliphatic hydroxyl groups excluding tert-OH is 1. The third-order valence-corrected chi connectivity index (χ3v) is 5.79. The van der Waals surface area contributed by atoms with Gasteiger partial charge in [-0.2, -0.15) is 4.31 Å². The number of hydrogen-bond acceptors (Lipinski definition) is 5. The van der Waals surface area contributed by atoms with Crippen molar-refractivity contribution in [1.82, 2.24) is 9.62 Å². The molecule has 0 aromatic heterocycles. The molecule has 1 aliphatic rings. The first-order valence-corrected chi connectivity index (χ1v) is 9.75. The van der Waals surface area contributed by atoms with Crippen molar-refractivity contribution in [2.75, 3.05) is 13.1 Å². The molecule has 1 aliphatic heterocycles. The van der Waals surface area contributed by atoms with Crippen molar-refractivity contribution in [1.29, 1.82) is 0 Å². The molecule has 7 nitrogen and oxygen atoms in total. The van der Waals surface area contributed by atoms with Gasteiger partial charge in [-0.15, -0.1) is 0 Å². The Bertz CT molecular complexity index is 704. The minimum Gasteiger partial charge on any atom is -0.444 e. The zero-order valence-electron chi connectivity index (χ0n) is 14.9. The highest BCUT2D eigenvalue weighted by atomic mass is 32.2. The molecule has 2 rings (SSSR count). The van der Waals surface area contributed by atoms with Gasteiger partial charge in [-0.3, -0.25) is 0 Å². The number of amides is 1. The highest BCUT2D eigenvalue weighted by Crippen LogP contribution is 2.22. The second-order valence-electron chi connectivity index (χ2n) is 7.13. The molecule has 1 heterocycles. The number of nitrogens with zero attached hydrogens (tertiary/aromatic N) is 1. The normalized spacial score (nSPS) is 17.3. The first kappa shape index (κ1) is 19.7. The molecule has 1 amide bonds. The highest BCUT2D eigenvalue weighted by molar-refractivity contribution is 7.89. The molecular weight excluding hydrogens is 344 g/mol. The smallest absolute Gasteiger partial charge is 0.407 e. The lowest BCUT2D eigenvalue weighted by atomic mass is 10.1. The number of ether oxygens (including phenoxy) is 1. The van der Waals surface area contributed by atoms with Gasteiger partial charge in [-0.1, -0.05) is 12.1 Å². The minimum atomic E-state index is -3.60. The lowest BCUT2D eigenvalue weighted by Gasteiger charge is -2.32. The summed E-state index contributed by atoms with van der Waals surface area (Å²) in [6.07, 6.45) is 0.570. The SMILES string of the molecule is CC(C)(C)OC(=O)NC1CCN(S(=O)(=O)c2cccc(CO)c2)CC1. The van der Waals surface area contributed by atoms with E-state index in [0.29, 0.717) is 31.5 Å². The molecule has 8 heteroatoms. The first-order valence-electron chi connectivity index (χ1n) is 8.31. The molecule has 0 bridgehead atoms. The average Bonchev–Trinajstić information content (AvgIpc) is 2.53. The summed E-state index contributed by atoms with van der Waals surface area (Å²) in [5, 5.41) is 12.0. The molecule has 0 radical (unpaired) electrons.